The molecular weight excluding hydrogens is 214 g/mol. The van der Waals surface area contributed by atoms with E-state index in [1.807, 2.05) is 0 Å². The smallest absolute Gasteiger partial charge is 0.123 e. The van der Waals surface area contributed by atoms with Gasteiger partial charge in [0.05, 0.1) is 20.3 Å². The highest BCUT2D eigenvalue weighted by Gasteiger charge is 2.40. The Hall–Kier alpha value is -1.06. The van der Waals surface area contributed by atoms with Crippen molar-refractivity contribution in [3.63, 3.8) is 0 Å². The number of rotatable bonds is 3. The molecule has 0 radical (unpaired) electrons. The van der Waals surface area contributed by atoms with Gasteiger partial charge in [-0.15, -0.1) is 0 Å². The van der Waals surface area contributed by atoms with Crippen LogP contribution >= 0.6 is 0 Å². The molecule has 1 aromatic carbocycles. The number of hydrogen-bond acceptors (Lipinski definition) is 3. The lowest BCUT2D eigenvalue weighted by atomic mass is 9.64. The summed E-state index contributed by atoms with van der Waals surface area (Å²) in [6, 6.07) is 4.39. The van der Waals surface area contributed by atoms with Crippen LogP contribution in [0.15, 0.2) is 12.1 Å². The average molecular weight is 233 g/mol. The highest BCUT2D eigenvalue weighted by Crippen LogP contribution is 2.47. The van der Waals surface area contributed by atoms with Gasteiger partial charge in [-0.3, -0.25) is 0 Å². The summed E-state index contributed by atoms with van der Waals surface area (Å²) < 4.78 is 11.0. The summed E-state index contributed by atoms with van der Waals surface area (Å²) in [6.45, 7) is 2.15. The minimum Gasteiger partial charge on any atom is -0.496 e. The maximum atomic E-state index is 5.98. The number of hydrogen-bond donors (Lipinski definition) is 1. The monoisotopic (exact) mass is 233 g/mol. The second-order valence-electron chi connectivity index (χ2n) is 5.15. The molecule has 0 spiro atoms. The Labute approximate surface area is 102 Å². The van der Waals surface area contributed by atoms with Crippen molar-refractivity contribution in [2.75, 3.05) is 13.7 Å². The zero-order chi connectivity index (χ0) is 11.9. The number of ether oxygens (including phenoxy) is 2. The van der Waals surface area contributed by atoms with Gasteiger partial charge in [-0.2, -0.15) is 0 Å². The lowest BCUT2D eigenvalue weighted by Gasteiger charge is -2.42. The summed E-state index contributed by atoms with van der Waals surface area (Å²) in [5.74, 6) is 0.986. The van der Waals surface area contributed by atoms with Gasteiger partial charge >= 0.3 is 0 Å². The van der Waals surface area contributed by atoms with Crippen LogP contribution in [0, 0.1) is 0 Å². The first kappa shape index (κ1) is 11.1. The van der Waals surface area contributed by atoms with Gasteiger partial charge in [-0.25, -0.2) is 0 Å². The van der Waals surface area contributed by atoms with E-state index in [0.717, 1.165) is 12.4 Å². The number of fused-ring (bicyclic) bond motifs is 1. The number of nitrogens with two attached hydrogens (primary N) is 1. The van der Waals surface area contributed by atoms with Crippen LogP contribution < -0.4 is 10.5 Å². The highest BCUT2D eigenvalue weighted by atomic mass is 16.5. The van der Waals surface area contributed by atoms with E-state index in [0.29, 0.717) is 13.2 Å². The molecule has 0 amide bonds. The molecule has 1 aliphatic heterocycles. The lowest BCUT2D eigenvalue weighted by Crippen LogP contribution is -2.41. The van der Waals surface area contributed by atoms with E-state index in [9.17, 15) is 0 Å². The van der Waals surface area contributed by atoms with Crippen molar-refractivity contribution in [2.24, 2.45) is 5.73 Å². The Kier molecular flexibility index (Phi) is 2.60. The largest absolute Gasteiger partial charge is 0.496 e. The van der Waals surface area contributed by atoms with Gasteiger partial charge in [0.15, 0.2) is 0 Å². The molecule has 3 heteroatoms. The molecule has 1 aliphatic carbocycles. The molecular formula is C14H19NO2. The third-order valence-corrected chi connectivity index (χ3v) is 4.31. The summed E-state index contributed by atoms with van der Waals surface area (Å²) in [7, 11) is 1.74. The molecule has 1 aromatic rings. The normalized spacial score (nSPS) is 20.8. The maximum absolute atomic E-state index is 5.98. The quantitative estimate of drug-likeness (QED) is 0.869. The van der Waals surface area contributed by atoms with Crippen molar-refractivity contribution in [3.8, 4) is 5.75 Å². The zero-order valence-corrected chi connectivity index (χ0v) is 10.3. The molecule has 1 saturated carbocycles. The highest BCUT2D eigenvalue weighted by molar-refractivity contribution is 5.48. The third kappa shape index (κ3) is 1.57. The van der Waals surface area contributed by atoms with Gasteiger partial charge in [0.25, 0.3) is 0 Å². The van der Waals surface area contributed by atoms with Crippen LogP contribution in [-0.4, -0.2) is 13.7 Å². The van der Waals surface area contributed by atoms with Crippen molar-refractivity contribution in [2.45, 2.75) is 37.9 Å². The Morgan fingerprint density at radius 2 is 2.00 bits per heavy atom. The molecule has 3 rings (SSSR count). The van der Waals surface area contributed by atoms with Crippen molar-refractivity contribution in [1.82, 2.24) is 0 Å². The molecule has 0 atom stereocenters. The fourth-order valence-corrected chi connectivity index (χ4v) is 2.98. The molecule has 92 valence electrons. The summed E-state index contributed by atoms with van der Waals surface area (Å²) >= 11 is 0. The second-order valence-corrected chi connectivity index (χ2v) is 5.15. The van der Waals surface area contributed by atoms with E-state index < -0.39 is 0 Å². The minimum absolute atomic E-state index is 0.156. The van der Waals surface area contributed by atoms with Gasteiger partial charge in [0.1, 0.15) is 5.75 Å². The Morgan fingerprint density at radius 3 is 2.53 bits per heavy atom. The van der Waals surface area contributed by atoms with Crippen molar-refractivity contribution in [1.29, 1.82) is 0 Å². The van der Waals surface area contributed by atoms with Crippen molar-refractivity contribution in [3.05, 3.63) is 28.8 Å². The van der Waals surface area contributed by atoms with E-state index in [2.05, 4.69) is 12.1 Å². The van der Waals surface area contributed by atoms with Crippen LogP contribution in [0.25, 0.3) is 0 Å². The van der Waals surface area contributed by atoms with Crippen LogP contribution in [0.1, 0.15) is 36.0 Å². The van der Waals surface area contributed by atoms with Crippen LogP contribution in [0.2, 0.25) is 0 Å². The van der Waals surface area contributed by atoms with E-state index in [4.69, 9.17) is 15.2 Å². The summed E-state index contributed by atoms with van der Waals surface area (Å²) in [5.41, 5.74) is 10.00. The van der Waals surface area contributed by atoms with E-state index in [-0.39, 0.29) is 5.41 Å². The molecule has 3 nitrogen and oxygen atoms in total. The molecule has 0 aromatic heterocycles. The average Bonchev–Trinajstić information content (AvgIpc) is 2.74. The fourth-order valence-electron chi connectivity index (χ4n) is 2.98. The standard InChI is InChI=1S/C14H19NO2/c1-16-13-6-11-8-17-7-10(11)5-12(13)14(9-15)3-2-4-14/h5-6H,2-4,7-9,15H2,1H3. The SMILES string of the molecule is COc1cc2c(cc1C1(CN)CCC1)COC2. The van der Waals surface area contributed by atoms with E-state index in [1.165, 1.54) is 36.0 Å². The van der Waals surface area contributed by atoms with Crippen LogP contribution in [0.4, 0.5) is 0 Å². The summed E-state index contributed by atoms with van der Waals surface area (Å²) in [5, 5.41) is 0. The maximum Gasteiger partial charge on any atom is 0.123 e. The molecule has 0 bridgehead atoms. The lowest BCUT2D eigenvalue weighted by molar-refractivity contribution is 0.134. The van der Waals surface area contributed by atoms with Gasteiger partial charge in [-0.1, -0.05) is 6.42 Å². The van der Waals surface area contributed by atoms with Gasteiger partial charge in [0, 0.05) is 17.5 Å². The van der Waals surface area contributed by atoms with Gasteiger partial charge in [-0.05, 0) is 36.1 Å². The van der Waals surface area contributed by atoms with Gasteiger partial charge < -0.3 is 15.2 Å². The first-order valence-corrected chi connectivity index (χ1v) is 6.27. The Balaban J connectivity index is 2.08. The molecule has 0 saturated heterocycles. The first-order valence-electron chi connectivity index (χ1n) is 6.27. The molecule has 2 aliphatic rings. The minimum atomic E-state index is 0.156. The van der Waals surface area contributed by atoms with E-state index >= 15 is 0 Å². The molecule has 1 heterocycles. The van der Waals surface area contributed by atoms with E-state index in [1.54, 1.807) is 7.11 Å². The Bertz CT molecular complexity index is 433. The van der Waals surface area contributed by atoms with Gasteiger partial charge in [0.2, 0.25) is 0 Å². The first-order chi connectivity index (χ1) is 8.29. The predicted molar refractivity (Wildman–Crippen MR) is 66.1 cm³/mol. The van der Waals surface area contributed by atoms with Crippen molar-refractivity contribution >= 4 is 0 Å². The number of benzene rings is 1. The predicted octanol–water partition coefficient (Wildman–Crippen LogP) is 2.11. The van der Waals surface area contributed by atoms with Crippen LogP contribution in [0.5, 0.6) is 5.75 Å². The molecule has 0 unspecified atom stereocenters. The van der Waals surface area contributed by atoms with Crippen LogP contribution in [0.3, 0.4) is 0 Å². The Morgan fingerprint density at radius 1 is 1.29 bits per heavy atom. The fraction of sp³-hybridized carbons (Fsp3) is 0.571. The topological polar surface area (TPSA) is 44.5 Å². The summed E-state index contributed by atoms with van der Waals surface area (Å²) in [4.78, 5) is 0. The molecule has 2 N–H and O–H groups in total. The zero-order valence-electron chi connectivity index (χ0n) is 10.3. The van der Waals surface area contributed by atoms with Crippen LogP contribution in [-0.2, 0) is 23.4 Å². The molecule has 17 heavy (non-hydrogen) atoms. The number of methoxy groups -OCH3 is 1. The molecule has 1 fully saturated rings. The summed E-state index contributed by atoms with van der Waals surface area (Å²) in [6.07, 6.45) is 3.63. The van der Waals surface area contributed by atoms with Crippen molar-refractivity contribution < 1.29 is 9.47 Å². The third-order valence-electron chi connectivity index (χ3n) is 4.31. The second kappa shape index (κ2) is 4.00.